The van der Waals surface area contributed by atoms with E-state index in [-0.39, 0.29) is 12.6 Å². The first-order chi connectivity index (χ1) is 15.1. The number of nitrogens with zero attached hydrogens (tertiary/aromatic N) is 7. The molecule has 2 aromatic rings. The van der Waals surface area contributed by atoms with Gasteiger partial charge in [-0.2, -0.15) is 4.80 Å². The molecule has 12 heteroatoms. The van der Waals surface area contributed by atoms with E-state index in [1.165, 1.54) is 16.1 Å². The van der Waals surface area contributed by atoms with Gasteiger partial charge in [-0.15, -0.1) is 10.2 Å². The largest absolute Gasteiger partial charge is 0.465 e. The van der Waals surface area contributed by atoms with E-state index in [0.29, 0.717) is 30.8 Å². The molecule has 0 aliphatic carbocycles. The molecular weight excluding hydrogens is 434 g/mol. The van der Waals surface area contributed by atoms with Crippen molar-refractivity contribution in [2.45, 2.75) is 46.8 Å². The fourth-order valence-electron chi connectivity index (χ4n) is 3.44. The van der Waals surface area contributed by atoms with Crippen LogP contribution in [-0.4, -0.2) is 81.0 Å². The van der Waals surface area contributed by atoms with Crippen LogP contribution in [0.25, 0.3) is 10.7 Å². The van der Waals surface area contributed by atoms with Crippen LogP contribution in [0.2, 0.25) is 0 Å². The van der Waals surface area contributed by atoms with Gasteiger partial charge in [0.25, 0.3) is 0 Å². The molecule has 1 aliphatic heterocycles. The number of esters is 1. The smallest absolute Gasteiger partial charge is 0.410 e. The molecule has 1 aliphatic rings. The molecular formula is C20H31N7O4S. The summed E-state index contributed by atoms with van der Waals surface area (Å²) in [6.45, 7) is 12.0. The fraction of sp³-hybridized carbons (Fsp3) is 0.700. The van der Waals surface area contributed by atoms with Gasteiger partial charge in [0, 0.05) is 26.7 Å². The highest BCUT2D eigenvalue weighted by molar-refractivity contribution is 7.18. The van der Waals surface area contributed by atoms with Gasteiger partial charge in [-0.1, -0.05) is 18.3 Å². The molecule has 2 unspecified atom stereocenters. The van der Waals surface area contributed by atoms with E-state index < -0.39 is 11.6 Å². The van der Waals surface area contributed by atoms with Crippen LogP contribution < -0.4 is 4.90 Å². The summed E-state index contributed by atoms with van der Waals surface area (Å²) in [5.41, 5.74) is -0.512. The van der Waals surface area contributed by atoms with E-state index in [1.807, 2.05) is 20.8 Å². The van der Waals surface area contributed by atoms with E-state index in [9.17, 15) is 9.59 Å². The predicted octanol–water partition coefficient (Wildman–Crippen LogP) is 2.30. The van der Waals surface area contributed by atoms with Crippen molar-refractivity contribution in [3.8, 4) is 10.7 Å². The first-order valence-electron chi connectivity index (χ1n) is 10.6. The SMILES string of the molecule is CCOC(=O)Cn1nnc(-c2cnc(N3CC(C)C(CN(C)C(=O)OC(C)(C)C)C3)s2)n1. The second kappa shape index (κ2) is 9.80. The van der Waals surface area contributed by atoms with Crippen LogP contribution in [-0.2, 0) is 20.8 Å². The summed E-state index contributed by atoms with van der Waals surface area (Å²) in [6, 6.07) is 0. The Morgan fingerprint density at radius 3 is 2.75 bits per heavy atom. The Kier molecular flexibility index (Phi) is 7.32. The third kappa shape index (κ3) is 6.15. The molecule has 176 valence electrons. The lowest BCUT2D eigenvalue weighted by Crippen LogP contribution is -2.38. The van der Waals surface area contributed by atoms with Crippen LogP contribution in [0, 0.1) is 11.8 Å². The number of hydrogen-bond acceptors (Lipinski definition) is 10. The number of carbonyl (C=O) groups is 2. The van der Waals surface area contributed by atoms with Crippen molar-refractivity contribution >= 4 is 28.5 Å². The van der Waals surface area contributed by atoms with Gasteiger partial charge in [0.15, 0.2) is 11.7 Å². The van der Waals surface area contributed by atoms with Crippen LogP contribution >= 0.6 is 11.3 Å². The van der Waals surface area contributed by atoms with Crippen LogP contribution in [0.3, 0.4) is 0 Å². The summed E-state index contributed by atoms with van der Waals surface area (Å²) in [7, 11) is 1.77. The second-order valence-electron chi connectivity index (χ2n) is 8.96. The summed E-state index contributed by atoms with van der Waals surface area (Å²) in [5.74, 6) is 0.723. The summed E-state index contributed by atoms with van der Waals surface area (Å²) < 4.78 is 10.4. The van der Waals surface area contributed by atoms with Gasteiger partial charge in [-0.25, -0.2) is 14.6 Å². The summed E-state index contributed by atoms with van der Waals surface area (Å²) in [4.78, 5) is 34.3. The van der Waals surface area contributed by atoms with Crippen molar-refractivity contribution in [2.24, 2.45) is 11.8 Å². The minimum absolute atomic E-state index is 0.0804. The highest BCUT2D eigenvalue weighted by Gasteiger charge is 2.33. The Hall–Kier alpha value is -2.76. The zero-order valence-corrected chi connectivity index (χ0v) is 20.3. The van der Waals surface area contributed by atoms with E-state index in [2.05, 4.69) is 32.2 Å². The van der Waals surface area contributed by atoms with Crippen LogP contribution in [0.4, 0.5) is 9.93 Å². The third-order valence-corrected chi connectivity index (χ3v) is 6.05. The van der Waals surface area contributed by atoms with Crippen LogP contribution in [0.5, 0.6) is 0 Å². The lowest BCUT2D eigenvalue weighted by atomic mass is 9.98. The molecule has 1 saturated heterocycles. The maximum Gasteiger partial charge on any atom is 0.410 e. The maximum absolute atomic E-state index is 12.3. The summed E-state index contributed by atoms with van der Waals surface area (Å²) in [5, 5.41) is 13.1. The maximum atomic E-state index is 12.3. The number of hydrogen-bond donors (Lipinski definition) is 0. The molecule has 1 fully saturated rings. The zero-order chi connectivity index (χ0) is 23.5. The van der Waals surface area contributed by atoms with Crippen molar-refractivity contribution in [3.63, 3.8) is 0 Å². The molecule has 1 amide bonds. The molecule has 0 N–H and O–H groups in total. The molecule has 2 atom stereocenters. The fourth-order valence-corrected chi connectivity index (χ4v) is 4.30. The zero-order valence-electron chi connectivity index (χ0n) is 19.4. The van der Waals surface area contributed by atoms with Gasteiger partial charge in [0.2, 0.25) is 5.82 Å². The number of amides is 1. The minimum Gasteiger partial charge on any atom is -0.465 e. The Labute approximate surface area is 191 Å². The van der Waals surface area contributed by atoms with Gasteiger partial charge in [0.1, 0.15) is 5.60 Å². The number of ether oxygens (including phenoxy) is 2. The second-order valence-corrected chi connectivity index (χ2v) is 9.97. The van der Waals surface area contributed by atoms with Gasteiger partial charge in [0.05, 0.1) is 17.7 Å². The average molecular weight is 466 g/mol. The molecule has 32 heavy (non-hydrogen) atoms. The van der Waals surface area contributed by atoms with E-state index >= 15 is 0 Å². The van der Waals surface area contributed by atoms with Gasteiger partial charge in [-0.3, -0.25) is 0 Å². The van der Waals surface area contributed by atoms with Gasteiger partial charge < -0.3 is 19.3 Å². The number of thiazole rings is 1. The molecule has 0 saturated carbocycles. The quantitative estimate of drug-likeness (QED) is 0.568. The first-order valence-corrected chi connectivity index (χ1v) is 11.5. The van der Waals surface area contributed by atoms with Crippen molar-refractivity contribution in [1.82, 2.24) is 30.1 Å². The van der Waals surface area contributed by atoms with Crippen LogP contribution in [0.15, 0.2) is 6.20 Å². The number of anilines is 1. The molecule has 2 aromatic heterocycles. The van der Waals surface area contributed by atoms with Crippen LogP contribution in [0.1, 0.15) is 34.6 Å². The Balaban J connectivity index is 1.59. The standard InChI is InChI=1S/C20H31N7O4S/c1-7-30-16(28)12-27-23-17(22-24-27)15-8-21-18(32-15)26-9-13(2)14(11-26)10-25(6)19(29)31-20(3,4)5/h8,13-14H,7,9-12H2,1-6H3. The van der Waals surface area contributed by atoms with E-state index in [4.69, 9.17) is 9.47 Å². The van der Waals surface area contributed by atoms with E-state index in [0.717, 1.165) is 23.1 Å². The molecule has 0 radical (unpaired) electrons. The number of aromatic nitrogens is 5. The van der Waals surface area contributed by atoms with Gasteiger partial charge >= 0.3 is 12.1 Å². The molecule has 0 bridgehead atoms. The minimum atomic E-state index is -0.512. The Morgan fingerprint density at radius 1 is 1.31 bits per heavy atom. The lowest BCUT2D eigenvalue weighted by Gasteiger charge is -2.27. The Bertz CT molecular complexity index is 939. The Morgan fingerprint density at radius 2 is 2.06 bits per heavy atom. The number of carbonyl (C=O) groups excluding carboxylic acids is 2. The van der Waals surface area contributed by atoms with E-state index in [1.54, 1.807) is 25.1 Å². The third-order valence-electron chi connectivity index (χ3n) is 4.99. The first kappa shape index (κ1) is 23.9. The molecule has 11 nitrogen and oxygen atoms in total. The van der Waals surface area contributed by atoms with Crippen molar-refractivity contribution < 1.29 is 19.1 Å². The predicted molar refractivity (Wildman–Crippen MR) is 119 cm³/mol. The highest BCUT2D eigenvalue weighted by atomic mass is 32.1. The molecule has 0 aromatic carbocycles. The lowest BCUT2D eigenvalue weighted by molar-refractivity contribution is -0.144. The number of rotatable bonds is 7. The number of tetrazole rings is 1. The van der Waals surface area contributed by atoms with Crippen molar-refractivity contribution in [2.75, 3.05) is 38.2 Å². The van der Waals surface area contributed by atoms with Crippen molar-refractivity contribution in [3.05, 3.63) is 6.20 Å². The summed E-state index contributed by atoms with van der Waals surface area (Å²) in [6.07, 6.45) is 1.41. The normalized spacial score (nSPS) is 18.6. The molecule has 0 spiro atoms. The monoisotopic (exact) mass is 465 g/mol. The molecule has 3 heterocycles. The van der Waals surface area contributed by atoms with Gasteiger partial charge in [-0.05, 0) is 44.7 Å². The van der Waals surface area contributed by atoms with Crippen molar-refractivity contribution in [1.29, 1.82) is 0 Å². The summed E-state index contributed by atoms with van der Waals surface area (Å²) >= 11 is 1.48. The topological polar surface area (TPSA) is 116 Å². The molecule has 3 rings (SSSR count). The average Bonchev–Trinajstić information content (AvgIpc) is 3.41. The highest BCUT2D eigenvalue weighted by Crippen LogP contribution is 2.34.